The van der Waals surface area contributed by atoms with Crippen molar-refractivity contribution in [2.45, 2.75) is 32.9 Å². The number of benzene rings is 1. The van der Waals surface area contributed by atoms with E-state index in [4.69, 9.17) is 19.6 Å². The lowest BCUT2D eigenvalue weighted by atomic mass is 9.79. The van der Waals surface area contributed by atoms with Crippen molar-refractivity contribution in [2.24, 2.45) is 11.1 Å². The molecule has 0 saturated carbocycles. The Hall–Kier alpha value is -1.76. The van der Waals surface area contributed by atoms with Crippen molar-refractivity contribution in [1.29, 1.82) is 0 Å². The van der Waals surface area contributed by atoms with Crippen LogP contribution in [-0.4, -0.2) is 44.2 Å². The normalized spacial score (nSPS) is 19.8. The lowest BCUT2D eigenvalue weighted by Gasteiger charge is -2.42. The Morgan fingerprint density at radius 2 is 2.12 bits per heavy atom. The summed E-state index contributed by atoms with van der Waals surface area (Å²) in [6.07, 6.45) is 0.977. The molecular weight excluding hydrogens is 356 g/mol. The van der Waals surface area contributed by atoms with Gasteiger partial charge in [0.2, 0.25) is 5.76 Å². The molecule has 1 saturated heterocycles. The van der Waals surface area contributed by atoms with E-state index in [-0.39, 0.29) is 29.6 Å². The average Bonchev–Trinajstić information content (AvgIpc) is 3.03. The number of furan rings is 1. The Bertz CT molecular complexity index is 787. The second-order valence-electron chi connectivity index (χ2n) is 7.37. The number of esters is 1. The highest BCUT2D eigenvalue weighted by molar-refractivity contribution is 5.95. The molecule has 0 aliphatic carbocycles. The summed E-state index contributed by atoms with van der Waals surface area (Å²) in [7, 11) is 2.93. The summed E-state index contributed by atoms with van der Waals surface area (Å²) in [5, 5.41) is 0.882. The molecule has 0 radical (unpaired) electrons. The van der Waals surface area contributed by atoms with Gasteiger partial charge in [0.25, 0.3) is 0 Å². The van der Waals surface area contributed by atoms with Gasteiger partial charge in [-0.25, -0.2) is 4.79 Å². The van der Waals surface area contributed by atoms with E-state index in [2.05, 4.69) is 18.7 Å². The van der Waals surface area contributed by atoms with E-state index in [0.29, 0.717) is 11.3 Å². The summed E-state index contributed by atoms with van der Waals surface area (Å²) in [6, 6.07) is 5.86. The topological polar surface area (TPSA) is 77.9 Å². The predicted octanol–water partition coefficient (Wildman–Crippen LogP) is 3.21. The third kappa shape index (κ3) is 3.82. The van der Waals surface area contributed by atoms with Gasteiger partial charge >= 0.3 is 5.97 Å². The minimum absolute atomic E-state index is 0. The third-order valence-electron chi connectivity index (χ3n) is 5.13. The molecule has 1 aromatic carbocycles. The molecule has 1 aliphatic heterocycles. The van der Waals surface area contributed by atoms with Crippen LogP contribution in [0.1, 0.15) is 36.4 Å². The molecule has 144 valence electrons. The molecule has 1 atom stereocenters. The van der Waals surface area contributed by atoms with Crippen LogP contribution in [0.5, 0.6) is 5.75 Å². The number of carbonyl (C=O) groups excluding carboxylic acids is 1. The fraction of sp³-hybridized carbons (Fsp3) is 0.526. The maximum atomic E-state index is 11.8. The van der Waals surface area contributed by atoms with Crippen molar-refractivity contribution in [2.75, 3.05) is 27.3 Å². The van der Waals surface area contributed by atoms with Crippen LogP contribution in [-0.2, 0) is 11.3 Å². The Kier molecular flexibility index (Phi) is 6.21. The number of ether oxygens (including phenoxy) is 2. The van der Waals surface area contributed by atoms with Gasteiger partial charge in [-0.3, -0.25) is 4.90 Å². The zero-order valence-electron chi connectivity index (χ0n) is 15.7. The monoisotopic (exact) mass is 382 g/mol. The van der Waals surface area contributed by atoms with Crippen molar-refractivity contribution in [3.05, 3.63) is 29.5 Å². The lowest BCUT2D eigenvalue weighted by molar-refractivity contribution is 0.0567. The molecule has 1 unspecified atom stereocenters. The second kappa shape index (κ2) is 7.86. The number of nitrogens with zero attached hydrogens (tertiary/aromatic N) is 1. The molecular formula is C19H27ClN2O4. The summed E-state index contributed by atoms with van der Waals surface area (Å²) >= 11 is 0. The molecule has 3 rings (SSSR count). The number of hydrogen-bond acceptors (Lipinski definition) is 6. The van der Waals surface area contributed by atoms with Crippen LogP contribution in [0.4, 0.5) is 0 Å². The molecule has 0 spiro atoms. The molecule has 2 aromatic rings. The number of piperidine rings is 1. The molecule has 1 aromatic heterocycles. The number of carbonyl (C=O) groups is 1. The zero-order valence-corrected chi connectivity index (χ0v) is 16.5. The first-order valence-corrected chi connectivity index (χ1v) is 8.51. The fourth-order valence-corrected chi connectivity index (χ4v) is 3.52. The first-order chi connectivity index (χ1) is 11.9. The quantitative estimate of drug-likeness (QED) is 0.818. The number of fused-ring (bicyclic) bond motifs is 1. The van der Waals surface area contributed by atoms with Crippen molar-refractivity contribution < 1.29 is 18.7 Å². The minimum Gasteiger partial charge on any atom is -0.493 e. The Morgan fingerprint density at radius 3 is 2.73 bits per heavy atom. The van der Waals surface area contributed by atoms with E-state index in [1.165, 1.54) is 7.11 Å². The van der Waals surface area contributed by atoms with Crippen LogP contribution in [0.2, 0.25) is 0 Å². The highest BCUT2D eigenvalue weighted by Crippen LogP contribution is 2.34. The maximum Gasteiger partial charge on any atom is 0.373 e. The molecule has 1 aliphatic rings. The van der Waals surface area contributed by atoms with Gasteiger partial charge in [0.1, 0.15) is 0 Å². The fourth-order valence-electron chi connectivity index (χ4n) is 3.52. The largest absolute Gasteiger partial charge is 0.493 e. The number of methoxy groups -OCH3 is 2. The number of likely N-dealkylation sites (tertiary alicyclic amines) is 1. The Morgan fingerprint density at radius 1 is 1.38 bits per heavy atom. The Labute approximate surface area is 160 Å². The molecule has 0 amide bonds. The summed E-state index contributed by atoms with van der Waals surface area (Å²) in [5.74, 6) is 0.299. The van der Waals surface area contributed by atoms with E-state index >= 15 is 0 Å². The summed E-state index contributed by atoms with van der Waals surface area (Å²) in [4.78, 5) is 14.2. The number of halogens is 1. The molecule has 26 heavy (non-hydrogen) atoms. The predicted molar refractivity (Wildman–Crippen MR) is 103 cm³/mol. The van der Waals surface area contributed by atoms with Gasteiger partial charge in [-0.1, -0.05) is 19.9 Å². The van der Waals surface area contributed by atoms with Crippen LogP contribution < -0.4 is 10.5 Å². The van der Waals surface area contributed by atoms with Crippen molar-refractivity contribution in [3.8, 4) is 5.75 Å². The molecule has 2 N–H and O–H groups in total. The molecule has 1 fully saturated rings. The van der Waals surface area contributed by atoms with Gasteiger partial charge in [-0.2, -0.15) is 0 Å². The molecule has 0 bridgehead atoms. The van der Waals surface area contributed by atoms with Gasteiger partial charge in [-0.05, 0) is 29.5 Å². The first kappa shape index (κ1) is 20.6. The van der Waals surface area contributed by atoms with Gasteiger partial charge < -0.3 is 19.6 Å². The van der Waals surface area contributed by atoms with E-state index in [1.807, 2.05) is 12.1 Å². The molecule has 6 nitrogen and oxygen atoms in total. The summed E-state index contributed by atoms with van der Waals surface area (Å²) < 4.78 is 15.8. The number of rotatable bonds is 4. The standard InChI is InChI=1S/C19H26N2O4.ClH/c1-19(2)11-21(8-7-16(19)20)10-12-5-6-14(23-3)17-13(12)9-15(25-17)18(22)24-4;/h5-6,9,16H,7-8,10-11,20H2,1-4H3;1H. The summed E-state index contributed by atoms with van der Waals surface area (Å²) in [6.45, 7) is 7.08. The summed E-state index contributed by atoms with van der Waals surface area (Å²) in [5.41, 5.74) is 7.99. The second-order valence-corrected chi connectivity index (χ2v) is 7.37. The van der Waals surface area contributed by atoms with E-state index < -0.39 is 5.97 Å². The van der Waals surface area contributed by atoms with Crippen LogP contribution in [0, 0.1) is 5.41 Å². The van der Waals surface area contributed by atoms with Gasteiger partial charge in [0.15, 0.2) is 11.3 Å². The molecule has 7 heteroatoms. The van der Waals surface area contributed by atoms with E-state index in [0.717, 1.165) is 37.0 Å². The van der Waals surface area contributed by atoms with Gasteiger partial charge in [0, 0.05) is 31.1 Å². The SMILES string of the molecule is COC(=O)c1cc2c(CN3CCC(N)C(C)(C)C3)ccc(OC)c2o1.Cl. The minimum atomic E-state index is -0.491. The van der Waals surface area contributed by atoms with Crippen LogP contribution in [0.25, 0.3) is 11.0 Å². The van der Waals surface area contributed by atoms with Crippen molar-refractivity contribution in [1.82, 2.24) is 4.90 Å². The van der Waals surface area contributed by atoms with Crippen LogP contribution in [0.3, 0.4) is 0 Å². The number of hydrogen-bond donors (Lipinski definition) is 1. The van der Waals surface area contributed by atoms with Crippen molar-refractivity contribution in [3.63, 3.8) is 0 Å². The van der Waals surface area contributed by atoms with E-state index in [9.17, 15) is 4.79 Å². The van der Waals surface area contributed by atoms with E-state index in [1.54, 1.807) is 13.2 Å². The molecule has 2 heterocycles. The first-order valence-electron chi connectivity index (χ1n) is 8.51. The smallest absolute Gasteiger partial charge is 0.373 e. The highest BCUT2D eigenvalue weighted by atomic mass is 35.5. The third-order valence-corrected chi connectivity index (χ3v) is 5.13. The van der Waals surface area contributed by atoms with Gasteiger partial charge in [-0.15, -0.1) is 12.4 Å². The van der Waals surface area contributed by atoms with Crippen molar-refractivity contribution >= 4 is 29.3 Å². The lowest BCUT2D eigenvalue weighted by Crippen LogP contribution is -2.52. The van der Waals surface area contributed by atoms with Crippen LogP contribution >= 0.6 is 12.4 Å². The van der Waals surface area contributed by atoms with Gasteiger partial charge in [0.05, 0.1) is 14.2 Å². The highest BCUT2D eigenvalue weighted by Gasteiger charge is 2.33. The average molecular weight is 383 g/mol. The Balaban J connectivity index is 0.00000243. The zero-order chi connectivity index (χ0) is 18.2. The maximum absolute atomic E-state index is 11.8. The van der Waals surface area contributed by atoms with Crippen LogP contribution in [0.15, 0.2) is 22.6 Å². The number of nitrogens with two attached hydrogens (primary N) is 1.